The van der Waals surface area contributed by atoms with Gasteiger partial charge in [0.05, 0.1) is 16.6 Å². The van der Waals surface area contributed by atoms with E-state index in [1.54, 1.807) is 4.90 Å². The number of aromatic nitrogens is 1. The van der Waals surface area contributed by atoms with Crippen molar-refractivity contribution >= 4 is 34.2 Å². The molecule has 0 radical (unpaired) electrons. The number of anilines is 1. The highest BCUT2D eigenvalue weighted by Crippen LogP contribution is 2.38. The maximum Gasteiger partial charge on any atom is 0.417 e. The maximum atomic E-state index is 13.1. The van der Waals surface area contributed by atoms with Crippen molar-refractivity contribution < 1.29 is 18.0 Å². The van der Waals surface area contributed by atoms with Gasteiger partial charge in [0.25, 0.3) is 0 Å². The molecule has 0 fully saturated rings. The molecule has 1 unspecified atom stereocenters. The number of urea groups is 1. The second-order valence-corrected chi connectivity index (χ2v) is 7.46. The molecule has 2 amide bonds. The van der Waals surface area contributed by atoms with Crippen molar-refractivity contribution in [2.75, 3.05) is 11.9 Å². The molecule has 1 aliphatic heterocycles. The fourth-order valence-electron chi connectivity index (χ4n) is 4.00. The molecule has 1 aliphatic rings. The normalized spacial score (nSPS) is 16.7. The SMILES string of the molecule is CCC1c2[nH]c3ccccc3c2CCN1C(=O)Nc1ccc(Cl)c(C(F)(F)F)c1. The summed E-state index contributed by atoms with van der Waals surface area (Å²) in [7, 11) is 0. The molecule has 0 saturated carbocycles. The zero-order valence-corrected chi connectivity index (χ0v) is 16.4. The van der Waals surface area contributed by atoms with Gasteiger partial charge in [-0.25, -0.2) is 4.79 Å². The summed E-state index contributed by atoms with van der Waals surface area (Å²) in [6.45, 7) is 2.47. The fourth-order valence-corrected chi connectivity index (χ4v) is 4.23. The van der Waals surface area contributed by atoms with Crippen LogP contribution >= 0.6 is 11.6 Å². The number of aromatic amines is 1. The van der Waals surface area contributed by atoms with E-state index in [-0.39, 0.29) is 11.7 Å². The fraction of sp³-hybridized carbons (Fsp3) is 0.286. The lowest BCUT2D eigenvalue weighted by molar-refractivity contribution is -0.137. The smallest absolute Gasteiger partial charge is 0.356 e. The second-order valence-electron chi connectivity index (χ2n) is 7.05. The van der Waals surface area contributed by atoms with Crippen LogP contribution in [0.5, 0.6) is 0 Å². The molecule has 1 aromatic heterocycles. The second kappa shape index (κ2) is 7.30. The van der Waals surface area contributed by atoms with Crippen LogP contribution in [0.15, 0.2) is 42.5 Å². The van der Waals surface area contributed by atoms with E-state index in [1.165, 1.54) is 11.6 Å². The van der Waals surface area contributed by atoms with Crippen LogP contribution in [0.25, 0.3) is 10.9 Å². The van der Waals surface area contributed by atoms with E-state index in [1.807, 2.05) is 25.1 Å². The summed E-state index contributed by atoms with van der Waals surface area (Å²) in [5.74, 6) is 0. The largest absolute Gasteiger partial charge is 0.417 e. The lowest BCUT2D eigenvalue weighted by Gasteiger charge is -2.35. The topological polar surface area (TPSA) is 48.1 Å². The third kappa shape index (κ3) is 3.55. The third-order valence-electron chi connectivity index (χ3n) is 5.33. The monoisotopic (exact) mass is 421 g/mol. The molecule has 152 valence electrons. The molecule has 4 nitrogen and oxygen atoms in total. The Labute approximate surface area is 170 Å². The number of alkyl halides is 3. The minimum Gasteiger partial charge on any atom is -0.356 e. The van der Waals surface area contributed by atoms with E-state index in [0.29, 0.717) is 19.4 Å². The first-order chi connectivity index (χ1) is 13.8. The summed E-state index contributed by atoms with van der Waals surface area (Å²) < 4.78 is 39.3. The van der Waals surface area contributed by atoms with E-state index in [0.717, 1.165) is 28.7 Å². The van der Waals surface area contributed by atoms with Crippen molar-refractivity contribution in [1.29, 1.82) is 0 Å². The number of hydrogen-bond donors (Lipinski definition) is 2. The lowest BCUT2D eigenvalue weighted by atomic mass is 9.96. The number of fused-ring (bicyclic) bond motifs is 3. The van der Waals surface area contributed by atoms with Gasteiger partial charge in [0.2, 0.25) is 0 Å². The minimum atomic E-state index is -4.59. The van der Waals surface area contributed by atoms with Crippen LogP contribution < -0.4 is 5.32 Å². The van der Waals surface area contributed by atoms with Gasteiger partial charge in [0.1, 0.15) is 0 Å². The Morgan fingerprint density at radius 1 is 1.28 bits per heavy atom. The number of para-hydroxylation sites is 1. The molecule has 2 heterocycles. The number of nitrogens with one attached hydrogen (secondary N) is 2. The Hall–Kier alpha value is -2.67. The summed E-state index contributed by atoms with van der Waals surface area (Å²) in [5, 5.41) is 3.34. The van der Waals surface area contributed by atoms with Crippen molar-refractivity contribution in [3.05, 3.63) is 64.3 Å². The number of rotatable bonds is 2. The molecule has 29 heavy (non-hydrogen) atoms. The number of hydrogen-bond acceptors (Lipinski definition) is 1. The summed E-state index contributed by atoms with van der Waals surface area (Å²) >= 11 is 5.66. The van der Waals surface area contributed by atoms with Crippen LogP contribution in [-0.4, -0.2) is 22.5 Å². The molecule has 0 bridgehead atoms. The number of nitrogens with zero attached hydrogens (tertiary/aromatic N) is 1. The predicted molar refractivity (Wildman–Crippen MR) is 107 cm³/mol. The van der Waals surface area contributed by atoms with Crippen LogP contribution in [0.4, 0.5) is 23.7 Å². The number of carbonyl (C=O) groups is 1. The number of H-pyrrole nitrogens is 1. The molecule has 3 aromatic rings. The van der Waals surface area contributed by atoms with Crippen molar-refractivity contribution in [3.63, 3.8) is 0 Å². The highest BCUT2D eigenvalue weighted by atomic mass is 35.5. The highest BCUT2D eigenvalue weighted by molar-refractivity contribution is 6.31. The summed E-state index contributed by atoms with van der Waals surface area (Å²) in [6, 6.07) is 10.7. The van der Waals surface area contributed by atoms with E-state index in [2.05, 4.69) is 16.4 Å². The molecular weight excluding hydrogens is 403 g/mol. The van der Waals surface area contributed by atoms with Gasteiger partial charge in [-0.3, -0.25) is 0 Å². The summed E-state index contributed by atoms with van der Waals surface area (Å²) in [4.78, 5) is 18.0. The van der Waals surface area contributed by atoms with Crippen molar-refractivity contribution in [1.82, 2.24) is 9.88 Å². The molecule has 0 saturated heterocycles. The quantitative estimate of drug-likeness (QED) is 0.495. The highest BCUT2D eigenvalue weighted by Gasteiger charge is 2.35. The van der Waals surface area contributed by atoms with Gasteiger partial charge in [0, 0.05) is 28.8 Å². The van der Waals surface area contributed by atoms with Crippen LogP contribution in [-0.2, 0) is 12.6 Å². The van der Waals surface area contributed by atoms with Gasteiger partial charge < -0.3 is 15.2 Å². The van der Waals surface area contributed by atoms with Gasteiger partial charge in [-0.15, -0.1) is 0 Å². The Balaban J connectivity index is 1.61. The number of amides is 2. The first-order valence-corrected chi connectivity index (χ1v) is 9.71. The Morgan fingerprint density at radius 3 is 2.76 bits per heavy atom. The van der Waals surface area contributed by atoms with Crippen molar-refractivity contribution in [2.45, 2.75) is 32.0 Å². The number of halogens is 4. The van der Waals surface area contributed by atoms with Crippen molar-refractivity contribution in [3.8, 4) is 0 Å². The zero-order valence-electron chi connectivity index (χ0n) is 15.6. The average molecular weight is 422 g/mol. The summed E-state index contributed by atoms with van der Waals surface area (Å²) in [6.07, 6.45) is -3.23. The van der Waals surface area contributed by atoms with Crippen LogP contribution in [0.3, 0.4) is 0 Å². The van der Waals surface area contributed by atoms with Gasteiger partial charge >= 0.3 is 12.2 Å². The number of benzene rings is 2. The standard InChI is InChI=1S/C21H19ClF3N3O/c1-2-18-19-14(13-5-3-4-6-17(13)27-19)9-10-28(18)20(29)26-12-7-8-16(22)15(11-12)21(23,24)25/h3-8,11,18,27H,2,9-10H2,1H3,(H,26,29). The van der Waals surface area contributed by atoms with Gasteiger partial charge in [-0.2, -0.15) is 13.2 Å². The van der Waals surface area contributed by atoms with E-state index in [4.69, 9.17) is 11.6 Å². The molecule has 8 heteroatoms. The summed E-state index contributed by atoms with van der Waals surface area (Å²) in [5.41, 5.74) is 2.29. The van der Waals surface area contributed by atoms with Gasteiger partial charge in [-0.1, -0.05) is 36.7 Å². The first kappa shape index (κ1) is 19.6. The molecule has 1 atom stereocenters. The molecule has 0 aliphatic carbocycles. The number of carbonyl (C=O) groups excluding carboxylic acids is 1. The third-order valence-corrected chi connectivity index (χ3v) is 5.66. The van der Waals surface area contributed by atoms with Gasteiger partial charge in [0.15, 0.2) is 0 Å². The van der Waals surface area contributed by atoms with E-state index in [9.17, 15) is 18.0 Å². The maximum absolute atomic E-state index is 13.1. The molecule has 4 rings (SSSR count). The minimum absolute atomic E-state index is 0.0593. The Kier molecular flexibility index (Phi) is 4.94. The molecule has 2 aromatic carbocycles. The average Bonchev–Trinajstić information content (AvgIpc) is 3.06. The van der Waals surface area contributed by atoms with Gasteiger partial charge in [-0.05, 0) is 42.7 Å². The molecule has 2 N–H and O–H groups in total. The predicted octanol–water partition coefficient (Wildman–Crippen LogP) is 6.38. The van der Waals surface area contributed by atoms with E-state index < -0.39 is 22.8 Å². The first-order valence-electron chi connectivity index (χ1n) is 9.33. The zero-order chi connectivity index (χ0) is 20.8. The van der Waals surface area contributed by atoms with Crippen molar-refractivity contribution in [2.24, 2.45) is 0 Å². The Morgan fingerprint density at radius 2 is 2.03 bits per heavy atom. The lowest BCUT2D eigenvalue weighted by Crippen LogP contribution is -2.42. The van der Waals surface area contributed by atoms with E-state index >= 15 is 0 Å². The molecular formula is C21H19ClF3N3O. The van der Waals surface area contributed by atoms with Crippen LogP contribution in [0, 0.1) is 0 Å². The van der Waals surface area contributed by atoms with Crippen LogP contribution in [0.1, 0.15) is 36.2 Å². The Bertz CT molecular complexity index is 1080. The molecule has 0 spiro atoms. The van der Waals surface area contributed by atoms with Crippen LogP contribution in [0.2, 0.25) is 5.02 Å².